The Balaban J connectivity index is 1.76. The van der Waals surface area contributed by atoms with Crippen LogP contribution in [0.25, 0.3) is 0 Å². The molecule has 3 rings (SSSR count). The summed E-state index contributed by atoms with van der Waals surface area (Å²) in [4.78, 5) is 0. The van der Waals surface area contributed by atoms with E-state index in [0.717, 1.165) is 5.56 Å². The molecule has 1 aromatic rings. The van der Waals surface area contributed by atoms with E-state index < -0.39 is 17.8 Å². The molecule has 0 aromatic heterocycles. The maximum Gasteiger partial charge on any atom is 0.284 e. The van der Waals surface area contributed by atoms with Gasteiger partial charge in [-0.25, -0.2) is 8.78 Å². The van der Waals surface area contributed by atoms with Crippen molar-refractivity contribution < 1.29 is 23.0 Å². The lowest BCUT2D eigenvalue weighted by Crippen LogP contribution is -2.51. The van der Waals surface area contributed by atoms with E-state index in [9.17, 15) is 8.78 Å². The summed E-state index contributed by atoms with van der Waals surface area (Å²) >= 11 is 0. The molecule has 5 heteroatoms. The lowest BCUT2D eigenvalue weighted by atomic mass is 9.88. The predicted molar refractivity (Wildman–Crippen MR) is 69.0 cm³/mol. The van der Waals surface area contributed by atoms with Gasteiger partial charge in [-0.1, -0.05) is 17.7 Å². The number of hydrogen-bond acceptors (Lipinski definition) is 3. The number of ether oxygens (including phenoxy) is 3. The van der Waals surface area contributed by atoms with Gasteiger partial charge >= 0.3 is 0 Å². The maximum absolute atomic E-state index is 14.0. The Hall–Kier alpha value is -1.20. The summed E-state index contributed by atoms with van der Waals surface area (Å²) in [6, 6.07) is 7.11. The third kappa shape index (κ3) is 2.65. The zero-order valence-electron chi connectivity index (χ0n) is 11.4. The van der Waals surface area contributed by atoms with E-state index in [1.54, 1.807) is 12.1 Å². The molecule has 0 radical (unpaired) electrons. The third-order valence-corrected chi connectivity index (χ3v) is 3.92. The minimum absolute atomic E-state index is 0.0634. The van der Waals surface area contributed by atoms with Gasteiger partial charge in [0.1, 0.15) is 5.75 Å². The smallest absolute Gasteiger partial charge is 0.284 e. The van der Waals surface area contributed by atoms with Crippen molar-refractivity contribution in [1.29, 1.82) is 0 Å². The molecule has 1 atom stereocenters. The average Bonchev–Trinajstić information content (AvgIpc) is 2.86. The molecular formula is C15H18F2O3. The lowest BCUT2D eigenvalue weighted by molar-refractivity contribution is -0.242. The van der Waals surface area contributed by atoms with Crippen LogP contribution < -0.4 is 4.74 Å². The van der Waals surface area contributed by atoms with Crippen molar-refractivity contribution >= 4 is 0 Å². The van der Waals surface area contributed by atoms with Gasteiger partial charge in [0, 0.05) is 19.3 Å². The van der Waals surface area contributed by atoms with Crippen LogP contribution in [0.4, 0.5) is 8.78 Å². The Morgan fingerprint density at radius 1 is 1.10 bits per heavy atom. The van der Waals surface area contributed by atoms with E-state index in [1.165, 1.54) is 0 Å². The fourth-order valence-electron chi connectivity index (χ4n) is 2.72. The van der Waals surface area contributed by atoms with Crippen LogP contribution in [0.2, 0.25) is 0 Å². The van der Waals surface area contributed by atoms with Crippen LogP contribution in [0.1, 0.15) is 24.8 Å². The Morgan fingerprint density at radius 3 is 2.40 bits per heavy atom. The largest absolute Gasteiger partial charge is 0.484 e. The second-order valence-corrected chi connectivity index (χ2v) is 5.49. The Kier molecular flexibility index (Phi) is 3.42. The Morgan fingerprint density at radius 2 is 1.75 bits per heavy atom. The minimum atomic E-state index is -2.86. The van der Waals surface area contributed by atoms with E-state index in [2.05, 4.69) is 0 Å². The van der Waals surface area contributed by atoms with Gasteiger partial charge in [-0.2, -0.15) is 0 Å². The first-order valence-corrected chi connectivity index (χ1v) is 6.88. The van der Waals surface area contributed by atoms with E-state index in [4.69, 9.17) is 14.2 Å². The summed E-state index contributed by atoms with van der Waals surface area (Å²) in [5, 5.41) is 0. The second-order valence-electron chi connectivity index (χ2n) is 5.49. The van der Waals surface area contributed by atoms with Crippen molar-refractivity contribution in [3.8, 4) is 5.75 Å². The molecular weight excluding hydrogens is 266 g/mol. The van der Waals surface area contributed by atoms with Crippen LogP contribution >= 0.6 is 0 Å². The number of halogens is 2. The topological polar surface area (TPSA) is 27.7 Å². The van der Waals surface area contributed by atoms with Crippen molar-refractivity contribution in [3.05, 3.63) is 29.8 Å². The summed E-state index contributed by atoms with van der Waals surface area (Å²) in [7, 11) is 0. The van der Waals surface area contributed by atoms with Gasteiger partial charge in [-0.3, -0.25) is 0 Å². The van der Waals surface area contributed by atoms with Crippen LogP contribution in [0, 0.1) is 6.92 Å². The van der Waals surface area contributed by atoms with Crippen molar-refractivity contribution in [2.45, 2.75) is 44.0 Å². The summed E-state index contributed by atoms with van der Waals surface area (Å²) < 4.78 is 44.6. The molecule has 110 valence electrons. The second kappa shape index (κ2) is 4.97. The van der Waals surface area contributed by atoms with Gasteiger partial charge < -0.3 is 14.2 Å². The quantitative estimate of drug-likeness (QED) is 0.834. The molecule has 0 amide bonds. The molecule has 1 aliphatic carbocycles. The molecule has 1 unspecified atom stereocenters. The lowest BCUT2D eigenvalue weighted by Gasteiger charge is -2.40. The fraction of sp³-hybridized carbons (Fsp3) is 0.600. The molecule has 0 bridgehead atoms. The summed E-state index contributed by atoms with van der Waals surface area (Å²) in [5.74, 6) is -3.28. The highest BCUT2D eigenvalue weighted by atomic mass is 19.3. The fourth-order valence-corrected chi connectivity index (χ4v) is 2.72. The van der Waals surface area contributed by atoms with Crippen LogP contribution in [0.15, 0.2) is 24.3 Å². The number of aryl methyl sites for hydroxylation is 1. The van der Waals surface area contributed by atoms with Gasteiger partial charge in [-0.05, 0) is 19.1 Å². The molecule has 1 heterocycles. The first kappa shape index (κ1) is 13.8. The Bertz CT molecular complexity index is 467. The monoisotopic (exact) mass is 284 g/mol. The number of alkyl halides is 2. The van der Waals surface area contributed by atoms with Gasteiger partial charge in [0.15, 0.2) is 11.9 Å². The first-order chi connectivity index (χ1) is 9.49. The first-order valence-electron chi connectivity index (χ1n) is 6.88. The normalized spacial score (nSPS) is 27.6. The third-order valence-electron chi connectivity index (χ3n) is 3.92. The van der Waals surface area contributed by atoms with E-state index in [-0.39, 0.29) is 19.3 Å². The van der Waals surface area contributed by atoms with Crippen LogP contribution in [0.3, 0.4) is 0 Å². The minimum Gasteiger partial charge on any atom is -0.484 e. The molecule has 0 N–H and O–H groups in total. The number of rotatable bonds is 2. The van der Waals surface area contributed by atoms with Crippen molar-refractivity contribution in [3.63, 3.8) is 0 Å². The number of benzene rings is 1. The molecule has 1 aliphatic heterocycles. The van der Waals surface area contributed by atoms with Crippen LogP contribution in [-0.4, -0.2) is 31.0 Å². The Labute approximate surface area is 116 Å². The zero-order chi connectivity index (χ0) is 14.2. The van der Waals surface area contributed by atoms with E-state index >= 15 is 0 Å². The number of hydrogen-bond donors (Lipinski definition) is 0. The van der Waals surface area contributed by atoms with Crippen LogP contribution in [-0.2, 0) is 9.47 Å². The molecule has 1 aromatic carbocycles. The van der Waals surface area contributed by atoms with E-state index in [1.807, 2.05) is 19.1 Å². The van der Waals surface area contributed by atoms with Gasteiger partial charge in [0.05, 0.1) is 13.2 Å². The SMILES string of the molecule is Cc1ccc(OC2CC3(CCC2(F)F)OCCO3)cc1. The van der Waals surface area contributed by atoms with Crippen molar-refractivity contribution in [2.24, 2.45) is 0 Å². The highest BCUT2D eigenvalue weighted by molar-refractivity contribution is 5.26. The molecule has 1 saturated carbocycles. The molecule has 20 heavy (non-hydrogen) atoms. The van der Waals surface area contributed by atoms with Gasteiger partial charge in [0.25, 0.3) is 5.92 Å². The van der Waals surface area contributed by atoms with Gasteiger partial charge in [-0.15, -0.1) is 0 Å². The molecule has 3 nitrogen and oxygen atoms in total. The molecule has 1 spiro atoms. The van der Waals surface area contributed by atoms with Gasteiger partial charge in [0.2, 0.25) is 0 Å². The highest BCUT2D eigenvalue weighted by Crippen LogP contribution is 2.44. The highest BCUT2D eigenvalue weighted by Gasteiger charge is 2.54. The van der Waals surface area contributed by atoms with Crippen molar-refractivity contribution in [1.82, 2.24) is 0 Å². The standard InChI is InChI=1S/C15H18F2O3/c1-11-2-4-12(5-3-11)20-13-10-14(18-8-9-19-14)6-7-15(13,16)17/h2-5,13H,6-10H2,1H3. The maximum atomic E-state index is 14.0. The molecule has 1 saturated heterocycles. The zero-order valence-corrected chi connectivity index (χ0v) is 11.4. The predicted octanol–water partition coefficient (Wildman–Crippen LogP) is 3.30. The average molecular weight is 284 g/mol. The summed E-state index contributed by atoms with van der Waals surface area (Å²) in [6.07, 6.45) is -1.21. The van der Waals surface area contributed by atoms with Crippen LogP contribution in [0.5, 0.6) is 5.75 Å². The molecule has 2 aliphatic rings. The summed E-state index contributed by atoms with van der Waals surface area (Å²) in [5.41, 5.74) is 1.06. The summed E-state index contributed by atoms with van der Waals surface area (Å²) in [6.45, 7) is 2.86. The molecule has 2 fully saturated rings. The van der Waals surface area contributed by atoms with Crippen molar-refractivity contribution in [2.75, 3.05) is 13.2 Å². The van der Waals surface area contributed by atoms with E-state index in [0.29, 0.717) is 19.0 Å².